The van der Waals surface area contributed by atoms with E-state index in [2.05, 4.69) is 0 Å². The molecule has 0 aliphatic carbocycles. The Morgan fingerprint density at radius 3 is 2.37 bits per heavy atom. The molecule has 1 atom stereocenters. The summed E-state index contributed by atoms with van der Waals surface area (Å²) in [6.07, 6.45) is -1.86. The average molecular weight is 298 g/mol. The topological polar surface area (TPSA) is 35.2 Å². The molecule has 0 saturated heterocycles. The molecule has 110 valence electrons. The van der Waals surface area contributed by atoms with Crippen LogP contribution in [0.1, 0.15) is 43.4 Å². The average Bonchev–Trinajstić information content (AvgIpc) is 2.34. The van der Waals surface area contributed by atoms with Gasteiger partial charge in [-0.05, 0) is 30.2 Å². The first-order valence-electron chi connectivity index (χ1n) is 5.90. The molecule has 0 bridgehead atoms. The van der Waals surface area contributed by atoms with E-state index in [0.717, 1.165) is 25.0 Å². The van der Waals surface area contributed by atoms with Crippen molar-refractivity contribution < 1.29 is 17.9 Å². The molecule has 0 amide bonds. The van der Waals surface area contributed by atoms with Crippen LogP contribution in [0.2, 0.25) is 0 Å². The lowest BCUT2D eigenvalue weighted by atomic mass is 9.99. The summed E-state index contributed by atoms with van der Waals surface area (Å²) in [6, 6.07) is 3.26. The number of ether oxygens (including phenoxy) is 1. The molecule has 1 rings (SSSR count). The summed E-state index contributed by atoms with van der Waals surface area (Å²) in [4.78, 5) is 0. The fourth-order valence-electron chi connectivity index (χ4n) is 1.71. The van der Waals surface area contributed by atoms with Gasteiger partial charge in [-0.15, -0.1) is 12.4 Å². The number of halogens is 4. The fraction of sp³-hybridized carbons (Fsp3) is 0.538. The van der Waals surface area contributed by atoms with Gasteiger partial charge in [0.2, 0.25) is 0 Å². The number of benzene rings is 1. The van der Waals surface area contributed by atoms with Gasteiger partial charge in [0.15, 0.2) is 0 Å². The summed E-state index contributed by atoms with van der Waals surface area (Å²) in [5, 5.41) is 0. The van der Waals surface area contributed by atoms with E-state index in [1.165, 1.54) is 7.11 Å². The summed E-state index contributed by atoms with van der Waals surface area (Å²) in [6.45, 7) is 2.01. The first kappa shape index (κ1) is 18.1. The Balaban J connectivity index is 0.00000324. The minimum Gasteiger partial charge on any atom is -0.497 e. The second kappa shape index (κ2) is 7.60. The van der Waals surface area contributed by atoms with Crippen LogP contribution in [0.3, 0.4) is 0 Å². The van der Waals surface area contributed by atoms with E-state index in [9.17, 15) is 13.2 Å². The summed E-state index contributed by atoms with van der Waals surface area (Å²) in [5.41, 5.74) is 5.64. The molecule has 0 aromatic heterocycles. The molecule has 0 aliphatic heterocycles. The molecular weight excluding hydrogens is 279 g/mol. The number of rotatable bonds is 5. The Kier molecular flexibility index (Phi) is 7.23. The maximum atomic E-state index is 12.7. The van der Waals surface area contributed by atoms with Crippen LogP contribution in [0.4, 0.5) is 13.2 Å². The maximum absolute atomic E-state index is 12.7. The van der Waals surface area contributed by atoms with Crippen molar-refractivity contribution in [3.05, 3.63) is 29.3 Å². The van der Waals surface area contributed by atoms with E-state index in [4.69, 9.17) is 10.5 Å². The van der Waals surface area contributed by atoms with E-state index in [1.807, 2.05) is 6.92 Å². The number of unbranched alkanes of at least 4 members (excludes halogenated alkanes) is 1. The van der Waals surface area contributed by atoms with Crippen molar-refractivity contribution >= 4 is 12.4 Å². The van der Waals surface area contributed by atoms with Crippen LogP contribution in [0.15, 0.2) is 18.2 Å². The summed E-state index contributed by atoms with van der Waals surface area (Å²) in [7, 11) is 1.34. The lowest BCUT2D eigenvalue weighted by molar-refractivity contribution is -0.137. The van der Waals surface area contributed by atoms with Gasteiger partial charge < -0.3 is 10.5 Å². The second-order valence-corrected chi connectivity index (χ2v) is 4.24. The van der Waals surface area contributed by atoms with Crippen molar-refractivity contribution in [2.75, 3.05) is 7.11 Å². The van der Waals surface area contributed by atoms with Gasteiger partial charge in [0.1, 0.15) is 5.75 Å². The monoisotopic (exact) mass is 297 g/mol. The van der Waals surface area contributed by atoms with Crippen molar-refractivity contribution in [3.63, 3.8) is 0 Å². The van der Waals surface area contributed by atoms with E-state index >= 15 is 0 Å². The number of nitrogens with two attached hydrogens (primary N) is 1. The zero-order chi connectivity index (χ0) is 13.8. The molecule has 0 spiro atoms. The second-order valence-electron chi connectivity index (χ2n) is 4.24. The Bertz CT molecular complexity index is 396. The highest BCUT2D eigenvalue weighted by Crippen LogP contribution is 2.34. The highest BCUT2D eigenvalue weighted by Gasteiger charge is 2.31. The maximum Gasteiger partial charge on any atom is 0.416 e. The van der Waals surface area contributed by atoms with Gasteiger partial charge in [0, 0.05) is 6.04 Å². The predicted molar refractivity (Wildman–Crippen MR) is 71.7 cm³/mol. The van der Waals surface area contributed by atoms with Crippen LogP contribution in [0.5, 0.6) is 5.75 Å². The summed E-state index contributed by atoms with van der Waals surface area (Å²) >= 11 is 0. The SMILES string of the molecule is CCCC[C@@H](N)c1cc(OC)cc(C(F)(F)F)c1.Cl. The number of hydrogen-bond donors (Lipinski definition) is 1. The quantitative estimate of drug-likeness (QED) is 0.878. The molecule has 0 radical (unpaired) electrons. The van der Waals surface area contributed by atoms with Crippen LogP contribution in [-0.2, 0) is 6.18 Å². The van der Waals surface area contributed by atoms with Gasteiger partial charge in [-0.3, -0.25) is 0 Å². The van der Waals surface area contributed by atoms with Gasteiger partial charge in [0.25, 0.3) is 0 Å². The van der Waals surface area contributed by atoms with Crippen LogP contribution in [0.25, 0.3) is 0 Å². The van der Waals surface area contributed by atoms with Crippen LogP contribution < -0.4 is 10.5 Å². The molecule has 0 unspecified atom stereocenters. The molecule has 0 saturated carbocycles. The fourth-order valence-corrected chi connectivity index (χ4v) is 1.71. The minimum atomic E-state index is -4.38. The Hall–Kier alpha value is -0.940. The van der Waals surface area contributed by atoms with Crippen molar-refractivity contribution in [1.29, 1.82) is 0 Å². The zero-order valence-electron chi connectivity index (χ0n) is 11.0. The third kappa shape index (κ3) is 5.28. The molecular formula is C13H19ClF3NO. The molecule has 2 N–H and O–H groups in total. The molecule has 2 nitrogen and oxygen atoms in total. The highest BCUT2D eigenvalue weighted by molar-refractivity contribution is 5.85. The van der Waals surface area contributed by atoms with Crippen molar-refractivity contribution in [2.24, 2.45) is 5.73 Å². The van der Waals surface area contributed by atoms with Gasteiger partial charge >= 0.3 is 6.18 Å². The third-order valence-corrected chi connectivity index (χ3v) is 2.79. The molecule has 6 heteroatoms. The molecule has 0 fully saturated rings. The van der Waals surface area contributed by atoms with Crippen molar-refractivity contribution in [1.82, 2.24) is 0 Å². The van der Waals surface area contributed by atoms with Gasteiger partial charge in [-0.1, -0.05) is 19.8 Å². The molecule has 0 aliphatic rings. The van der Waals surface area contributed by atoms with Crippen LogP contribution in [-0.4, -0.2) is 7.11 Å². The van der Waals surface area contributed by atoms with Crippen LogP contribution in [0, 0.1) is 0 Å². The van der Waals surface area contributed by atoms with Gasteiger partial charge in [-0.2, -0.15) is 13.2 Å². The zero-order valence-corrected chi connectivity index (χ0v) is 11.8. The summed E-state index contributed by atoms with van der Waals surface area (Å²) in [5.74, 6) is 0.187. The highest BCUT2D eigenvalue weighted by atomic mass is 35.5. The Labute approximate surface area is 117 Å². The first-order chi connectivity index (χ1) is 8.38. The van der Waals surface area contributed by atoms with E-state index < -0.39 is 11.7 Å². The lowest BCUT2D eigenvalue weighted by Crippen LogP contribution is -2.13. The van der Waals surface area contributed by atoms with E-state index in [1.54, 1.807) is 6.07 Å². The third-order valence-electron chi connectivity index (χ3n) is 2.79. The smallest absolute Gasteiger partial charge is 0.416 e. The molecule has 1 aromatic rings. The van der Waals surface area contributed by atoms with Crippen molar-refractivity contribution in [3.8, 4) is 5.75 Å². The van der Waals surface area contributed by atoms with Crippen molar-refractivity contribution in [2.45, 2.75) is 38.4 Å². The molecule has 19 heavy (non-hydrogen) atoms. The summed E-state index contributed by atoms with van der Waals surface area (Å²) < 4.78 is 43.0. The minimum absolute atomic E-state index is 0. The number of alkyl halides is 3. The standard InChI is InChI=1S/C13H18F3NO.ClH/c1-3-4-5-12(17)9-6-10(13(14,15)16)8-11(7-9)18-2;/h6-8,12H,3-5,17H2,1-2H3;1H/t12-;/m1./s1. The number of hydrogen-bond acceptors (Lipinski definition) is 2. The predicted octanol–water partition coefficient (Wildman–Crippen LogP) is 4.33. The lowest BCUT2D eigenvalue weighted by Gasteiger charge is -2.16. The van der Waals surface area contributed by atoms with Gasteiger partial charge in [0.05, 0.1) is 12.7 Å². The van der Waals surface area contributed by atoms with E-state index in [-0.39, 0.29) is 24.2 Å². The van der Waals surface area contributed by atoms with Crippen LogP contribution >= 0.6 is 12.4 Å². The largest absolute Gasteiger partial charge is 0.497 e. The first-order valence-corrected chi connectivity index (χ1v) is 5.90. The van der Waals surface area contributed by atoms with Gasteiger partial charge in [-0.25, -0.2) is 0 Å². The normalized spacial score (nSPS) is 12.7. The number of methoxy groups -OCH3 is 1. The Morgan fingerprint density at radius 2 is 1.89 bits per heavy atom. The molecule has 1 aromatic carbocycles. The molecule has 0 heterocycles. The van der Waals surface area contributed by atoms with E-state index in [0.29, 0.717) is 12.0 Å². The Morgan fingerprint density at radius 1 is 1.26 bits per heavy atom.